The number of aromatic nitrogens is 1. The minimum absolute atomic E-state index is 0.0821. The van der Waals surface area contributed by atoms with Crippen molar-refractivity contribution in [3.05, 3.63) is 65.4 Å². The minimum Gasteiger partial charge on any atom is -0.481 e. The normalized spacial score (nSPS) is 23.3. The molecule has 7 nitrogen and oxygen atoms in total. The number of alkyl halides is 3. The number of carbonyl (C=O) groups is 1. The van der Waals surface area contributed by atoms with Gasteiger partial charge in [-0.3, -0.25) is 4.79 Å². The van der Waals surface area contributed by atoms with Gasteiger partial charge in [0.15, 0.2) is 0 Å². The van der Waals surface area contributed by atoms with E-state index in [-0.39, 0.29) is 29.9 Å². The van der Waals surface area contributed by atoms with Crippen molar-refractivity contribution in [1.82, 2.24) is 5.16 Å². The molecule has 1 N–H and O–H groups in total. The van der Waals surface area contributed by atoms with E-state index in [2.05, 4.69) is 28.6 Å². The number of benzene rings is 2. The first-order chi connectivity index (χ1) is 20.1. The lowest BCUT2D eigenvalue weighted by molar-refractivity contribution is -0.274. The molecule has 0 amide bonds. The number of ether oxygens (including phenoxy) is 2. The van der Waals surface area contributed by atoms with E-state index < -0.39 is 17.7 Å². The SMILES string of the molecule is CCC1C(C)CC(COCc2c(-c3ccccc3OC(F)(F)F)noc2C2CC2)N1c1ccc(C2(C(=O)O)CC2)cc1. The van der Waals surface area contributed by atoms with Crippen LogP contribution in [0, 0.1) is 5.92 Å². The Morgan fingerprint density at radius 1 is 1.14 bits per heavy atom. The van der Waals surface area contributed by atoms with Crippen LogP contribution < -0.4 is 9.64 Å². The van der Waals surface area contributed by atoms with Crippen LogP contribution >= 0.6 is 0 Å². The molecule has 3 aliphatic rings. The number of carboxylic acids is 1. The summed E-state index contributed by atoms with van der Waals surface area (Å²) in [5.41, 5.74) is 2.31. The van der Waals surface area contributed by atoms with E-state index in [0.29, 0.717) is 48.4 Å². The summed E-state index contributed by atoms with van der Waals surface area (Å²) in [4.78, 5) is 14.2. The molecule has 6 rings (SSSR count). The number of anilines is 1. The molecule has 3 fully saturated rings. The molecule has 0 spiro atoms. The van der Waals surface area contributed by atoms with Gasteiger partial charge in [-0.25, -0.2) is 0 Å². The largest absolute Gasteiger partial charge is 0.573 e. The Bertz CT molecular complexity index is 1430. The molecule has 3 unspecified atom stereocenters. The lowest BCUT2D eigenvalue weighted by Crippen LogP contribution is -2.39. The lowest BCUT2D eigenvalue weighted by atomic mass is 9.95. The monoisotopic (exact) mass is 584 g/mol. The number of hydrogen-bond acceptors (Lipinski definition) is 6. The van der Waals surface area contributed by atoms with Gasteiger partial charge < -0.3 is 24.0 Å². The fourth-order valence-corrected chi connectivity index (χ4v) is 6.61. The third-order valence-electron chi connectivity index (χ3n) is 9.04. The number of rotatable bonds is 11. The smallest absolute Gasteiger partial charge is 0.481 e. The molecule has 1 aliphatic heterocycles. The van der Waals surface area contributed by atoms with Gasteiger partial charge in [-0.2, -0.15) is 0 Å². The standard InChI is InChI=1S/C32H35F3N2O5/c1-3-26-19(2)16-23(37(26)22-12-10-21(11-13-22)31(14-15-31)30(38)39)17-40-18-25-28(36-42-29(25)20-8-9-20)24-6-4-5-7-27(24)41-32(33,34)35/h4-7,10-13,19-20,23,26H,3,8-9,14-18H2,1-2H3,(H,38,39). The van der Waals surface area contributed by atoms with Gasteiger partial charge in [0, 0.05) is 28.8 Å². The molecule has 2 saturated carbocycles. The zero-order chi connectivity index (χ0) is 29.6. The number of para-hydroxylation sites is 1. The number of hydrogen-bond donors (Lipinski definition) is 1. The molecule has 10 heteroatoms. The molecular weight excluding hydrogens is 549 g/mol. The molecule has 2 aliphatic carbocycles. The van der Waals surface area contributed by atoms with Gasteiger partial charge >= 0.3 is 12.3 Å². The van der Waals surface area contributed by atoms with E-state index >= 15 is 0 Å². The van der Waals surface area contributed by atoms with Crippen molar-refractivity contribution >= 4 is 11.7 Å². The van der Waals surface area contributed by atoms with Gasteiger partial charge in [-0.05, 0) is 74.3 Å². The summed E-state index contributed by atoms with van der Waals surface area (Å²) in [7, 11) is 0. The summed E-state index contributed by atoms with van der Waals surface area (Å²) in [5.74, 6) is 0.179. The summed E-state index contributed by atoms with van der Waals surface area (Å²) < 4.78 is 55.6. The summed E-state index contributed by atoms with van der Waals surface area (Å²) in [5, 5.41) is 13.9. The van der Waals surface area contributed by atoms with Crippen molar-refractivity contribution in [2.75, 3.05) is 11.5 Å². The highest BCUT2D eigenvalue weighted by molar-refractivity contribution is 5.85. The number of nitrogens with zero attached hydrogens (tertiary/aromatic N) is 2. The third kappa shape index (κ3) is 5.48. The second kappa shape index (κ2) is 10.9. The molecule has 1 saturated heterocycles. The Kier molecular flexibility index (Phi) is 7.45. The Hall–Kier alpha value is -3.53. The fraction of sp³-hybridized carbons (Fsp3) is 0.500. The molecule has 3 aromatic rings. The van der Waals surface area contributed by atoms with Gasteiger partial charge in [0.25, 0.3) is 0 Å². The molecule has 2 heterocycles. The zero-order valence-electron chi connectivity index (χ0n) is 23.7. The third-order valence-corrected chi connectivity index (χ3v) is 9.04. The molecule has 3 atom stereocenters. The summed E-state index contributed by atoms with van der Waals surface area (Å²) >= 11 is 0. The Morgan fingerprint density at radius 3 is 2.48 bits per heavy atom. The maximum absolute atomic E-state index is 13.1. The van der Waals surface area contributed by atoms with Crippen molar-refractivity contribution in [2.24, 2.45) is 5.92 Å². The van der Waals surface area contributed by atoms with Crippen LogP contribution in [0.2, 0.25) is 0 Å². The number of halogens is 3. The van der Waals surface area contributed by atoms with E-state index in [0.717, 1.165) is 36.9 Å². The Balaban J connectivity index is 1.22. The molecular formula is C32H35F3N2O5. The van der Waals surface area contributed by atoms with Gasteiger partial charge in [0.05, 0.1) is 24.7 Å². The van der Waals surface area contributed by atoms with E-state index in [1.165, 1.54) is 12.1 Å². The van der Waals surface area contributed by atoms with E-state index in [1.54, 1.807) is 12.1 Å². The lowest BCUT2D eigenvalue weighted by Gasteiger charge is -2.33. The van der Waals surface area contributed by atoms with Crippen molar-refractivity contribution in [3.8, 4) is 17.0 Å². The van der Waals surface area contributed by atoms with Gasteiger partial charge in [-0.1, -0.05) is 43.3 Å². The topological polar surface area (TPSA) is 85.0 Å². The van der Waals surface area contributed by atoms with Crippen molar-refractivity contribution in [3.63, 3.8) is 0 Å². The van der Waals surface area contributed by atoms with Crippen LogP contribution in [0.4, 0.5) is 18.9 Å². The van der Waals surface area contributed by atoms with Crippen LogP contribution in [0.1, 0.15) is 75.2 Å². The average Bonchev–Trinajstić information content (AvgIpc) is 3.88. The molecule has 2 aromatic carbocycles. The predicted molar refractivity (Wildman–Crippen MR) is 149 cm³/mol. The minimum atomic E-state index is -4.83. The first-order valence-corrected chi connectivity index (χ1v) is 14.6. The van der Waals surface area contributed by atoms with Gasteiger partial charge in [0.2, 0.25) is 0 Å². The first-order valence-electron chi connectivity index (χ1n) is 14.6. The fourth-order valence-electron chi connectivity index (χ4n) is 6.61. The van der Waals surface area contributed by atoms with Crippen LogP contribution in [-0.2, 0) is 21.6 Å². The number of aliphatic carboxylic acids is 1. The second-order valence-corrected chi connectivity index (χ2v) is 11.9. The van der Waals surface area contributed by atoms with Crippen LogP contribution in [-0.4, -0.2) is 41.3 Å². The zero-order valence-corrected chi connectivity index (χ0v) is 23.7. The van der Waals surface area contributed by atoms with Gasteiger partial charge in [-0.15, -0.1) is 13.2 Å². The summed E-state index contributed by atoms with van der Waals surface area (Å²) in [6.45, 7) is 4.97. The molecule has 0 bridgehead atoms. The highest BCUT2D eigenvalue weighted by atomic mass is 19.4. The molecule has 224 valence electrons. The van der Waals surface area contributed by atoms with Crippen LogP contribution in [0.15, 0.2) is 53.1 Å². The van der Waals surface area contributed by atoms with Crippen LogP contribution in [0.25, 0.3) is 11.3 Å². The highest BCUT2D eigenvalue weighted by Gasteiger charge is 2.51. The Morgan fingerprint density at radius 2 is 1.86 bits per heavy atom. The van der Waals surface area contributed by atoms with Crippen molar-refractivity contribution in [2.45, 2.75) is 88.8 Å². The molecule has 0 radical (unpaired) electrons. The number of carboxylic acid groups (broad SMARTS) is 1. The van der Waals surface area contributed by atoms with Crippen molar-refractivity contribution in [1.29, 1.82) is 0 Å². The molecule has 1 aromatic heterocycles. The highest BCUT2D eigenvalue weighted by Crippen LogP contribution is 2.49. The molecule has 42 heavy (non-hydrogen) atoms. The summed E-state index contributed by atoms with van der Waals surface area (Å²) in [6.07, 6.45) is 0.248. The quantitative estimate of drug-likeness (QED) is 0.251. The van der Waals surface area contributed by atoms with E-state index in [1.807, 2.05) is 24.3 Å². The van der Waals surface area contributed by atoms with E-state index in [9.17, 15) is 23.1 Å². The second-order valence-electron chi connectivity index (χ2n) is 11.9. The van der Waals surface area contributed by atoms with E-state index in [4.69, 9.17) is 9.26 Å². The van der Waals surface area contributed by atoms with Crippen LogP contribution in [0.3, 0.4) is 0 Å². The van der Waals surface area contributed by atoms with Crippen LogP contribution in [0.5, 0.6) is 5.75 Å². The first kappa shape index (κ1) is 28.6. The summed E-state index contributed by atoms with van der Waals surface area (Å²) in [6, 6.07) is 14.3. The predicted octanol–water partition coefficient (Wildman–Crippen LogP) is 7.44. The maximum Gasteiger partial charge on any atom is 0.573 e. The maximum atomic E-state index is 13.1. The average molecular weight is 585 g/mol. The van der Waals surface area contributed by atoms with Gasteiger partial charge in [0.1, 0.15) is 17.2 Å². The Labute approximate surface area is 242 Å². The van der Waals surface area contributed by atoms with Crippen molar-refractivity contribution < 1.29 is 37.1 Å².